The van der Waals surface area contributed by atoms with Crippen molar-refractivity contribution in [3.8, 4) is 0 Å². The first-order valence-electron chi connectivity index (χ1n) is 5.71. The minimum atomic E-state index is -0.566. The Balaban J connectivity index is 1.80. The molecular weight excluding hydrogens is 235 g/mol. The molecule has 1 fully saturated rings. The molecule has 2 N–H and O–H groups in total. The van der Waals surface area contributed by atoms with Gasteiger partial charge < -0.3 is 5.32 Å². The minimum Gasteiger partial charge on any atom is -0.319 e. The third-order valence-corrected chi connectivity index (χ3v) is 2.85. The zero-order chi connectivity index (χ0) is 12.5. The second-order valence-corrected chi connectivity index (χ2v) is 4.27. The Bertz CT molecular complexity index is 577. The summed E-state index contributed by atoms with van der Waals surface area (Å²) in [5.74, 6) is -0.917. The molecule has 1 aliphatic carbocycles. The molecule has 1 aliphatic rings. The lowest BCUT2D eigenvalue weighted by molar-refractivity contribution is 0.101. The van der Waals surface area contributed by atoms with Crippen molar-refractivity contribution in [2.45, 2.75) is 18.8 Å². The monoisotopic (exact) mass is 246 g/mol. The van der Waals surface area contributed by atoms with Gasteiger partial charge in [-0.3, -0.25) is 14.9 Å². The lowest BCUT2D eigenvalue weighted by Crippen LogP contribution is -2.14. The summed E-state index contributed by atoms with van der Waals surface area (Å²) >= 11 is 0. The van der Waals surface area contributed by atoms with Crippen molar-refractivity contribution >= 4 is 11.6 Å². The molecule has 0 bridgehead atoms. The summed E-state index contributed by atoms with van der Waals surface area (Å²) in [4.78, 5) is 15.7. The minimum absolute atomic E-state index is 0.192. The van der Waals surface area contributed by atoms with Gasteiger partial charge in [0.05, 0.1) is 17.6 Å². The number of halogens is 1. The molecule has 2 aromatic heterocycles. The number of anilines is 1. The molecule has 18 heavy (non-hydrogen) atoms. The van der Waals surface area contributed by atoms with Gasteiger partial charge in [0.15, 0.2) is 11.5 Å². The molecule has 0 radical (unpaired) electrons. The number of H-pyrrole nitrogens is 1. The van der Waals surface area contributed by atoms with Crippen LogP contribution in [0.4, 0.5) is 10.1 Å². The van der Waals surface area contributed by atoms with Crippen LogP contribution in [-0.2, 0) is 0 Å². The van der Waals surface area contributed by atoms with Gasteiger partial charge in [-0.1, -0.05) is 0 Å². The van der Waals surface area contributed by atoms with Crippen molar-refractivity contribution in [3.05, 3.63) is 41.7 Å². The first-order chi connectivity index (χ1) is 8.75. The summed E-state index contributed by atoms with van der Waals surface area (Å²) in [6.45, 7) is 0. The van der Waals surface area contributed by atoms with Crippen LogP contribution in [0, 0.1) is 5.82 Å². The number of carbonyl (C=O) groups excluding carboxylic acids is 1. The number of nitrogens with zero attached hydrogens (tertiary/aromatic N) is 2. The van der Waals surface area contributed by atoms with E-state index in [2.05, 4.69) is 20.5 Å². The Labute approximate surface area is 102 Å². The molecular formula is C12H11FN4O. The van der Waals surface area contributed by atoms with Crippen LogP contribution < -0.4 is 5.32 Å². The molecule has 0 spiro atoms. The number of aromatic amines is 1. The normalized spacial score (nSPS) is 14.5. The van der Waals surface area contributed by atoms with Gasteiger partial charge in [0.1, 0.15) is 0 Å². The number of nitrogens with one attached hydrogen (secondary N) is 2. The maximum absolute atomic E-state index is 13.9. The summed E-state index contributed by atoms with van der Waals surface area (Å²) in [7, 11) is 0. The third-order valence-electron chi connectivity index (χ3n) is 2.85. The van der Waals surface area contributed by atoms with Gasteiger partial charge in [-0.2, -0.15) is 5.10 Å². The van der Waals surface area contributed by atoms with Crippen molar-refractivity contribution in [3.63, 3.8) is 0 Å². The van der Waals surface area contributed by atoms with Crippen LogP contribution in [0.5, 0.6) is 0 Å². The average molecular weight is 246 g/mol. The number of hydrogen-bond donors (Lipinski definition) is 2. The van der Waals surface area contributed by atoms with Crippen LogP contribution in [0.25, 0.3) is 0 Å². The van der Waals surface area contributed by atoms with Crippen LogP contribution in [0.3, 0.4) is 0 Å². The van der Waals surface area contributed by atoms with Gasteiger partial charge in [-0.05, 0) is 25.0 Å². The van der Waals surface area contributed by atoms with E-state index in [0.29, 0.717) is 11.4 Å². The predicted molar refractivity (Wildman–Crippen MR) is 62.7 cm³/mol. The number of hydrogen-bond acceptors (Lipinski definition) is 3. The number of rotatable bonds is 3. The second-order valence-electron chi connectivity index (χ2n) is 4.27. The van der Waals surface area contributed by atoms with E-state index in [1.807, 2.05) is 0 Å². The number of pyridine rings is 1. The first kappa shape index (κ1) is 10.9. The summed E-state index contributed by atoms with van der Waals surface area (Å²) in [5, 5.41) is 8.89. The summed E-state index contributed by atoms with van der Waals surface area (Å²) < 4.78 is 13.9. The molecule has 0 aromatic carbocycles. The van der Waals surface area contributed by atoms with Crippen molar-refractivity contribution in [1.82, 2.24) is 15.2 Å². The summed E-state index contributed by atoms with van der Waals surface area (Å²) in [6.07, 6.45) is 4.98. The zero-order valence-corrected chi connectivity index (χ0v) is 9.48. The van der Waals surface area contributed by atoms with E-state index in [0.717, 1.165) is 12.8 Å². The molecule has 0 atom stereocenters. The molecule has 1 saturated carbocycles. The highest BCUT2D eigenvalue weighted by molar-refractivity contribution is 6.03. The first-order valence-corrected chi connectivity index (χ1v) is 5.71. The van der Waals surface area contributed by atoms with Gasteiger partial charge in [-0.25, -0.2) is 4.39 Å². The Morgan fingerprint density at radius 3 is 3.00 bits per heavy atom. The molecule has 0 aliphatic heterocycles. The highest BCUT2D eigenvalue weighted by Crippen LogP contribution is 2.40. The van der Waals surface area contributed by atoms with Crippen LogP contribution >= 0.6 is 0 Å². The molecule has 2 aromatic rings. The fourth-order valence-electron chi connectivity index (χ4n) is 1.76. The van der Waals surface area contributed by atoms with E-state index in [1.165, 1.54) is 6.20 Å². The van der Waals surface area contributed by atoms with Crippen molar-refractivity contribution < 1.29 is 9.18 Å². The van der Waals surface area contributed by atoms with E-state index in [1.54, 1.807) is 18.3 Å². The largest absolute Gasteiger partial charge is 0.319 e. The number of amides is 1. The van der Waals surface area contributed by atoms with E-state index >= 15 is 0 Å². The quantitative estimate of drug-likeness (QED) is 0.870. The molecule has 92 valence electrons. The molecule has 5 nitrogen and oxygen atoms in total. The highest BCUT2D eigenvalue weighted by Gasteiger charge is 2.31. The molecule has 0 unspecified atom stereocenters. The fourth-order valence-corrected chi connectivity index (χ4v) is 1.76. The van der Waals surface area contributed by atoms with Crippen molar-refractivity contribution in [2.24, 2.45) is 0 Å². The molecule has 6 heteroatoms. The maximum atomic E-state index is 13.9. The molecule has 3 rings (SSSR count). The Kier molecular flexibility index (Phi) is 2.55. The lowest BCUT2D eigenvalue weighted by atomic mass is 10.2. The average Bonchev–Trinajstić information content (AvgIpc) is 3.14. The molecule has 2 heterocycles. The Hall–Kier alpha value is -2.24. The van der Waals surface area contributed by atoms with Gasteiger partial charge >= 0.3 is 0 Å². The standard InChI is InChI=1S/C12H11FN4O/c13-9-10(7-3-4-7)16-17-11(9)12(18)15-8-2-1-5-14-6-8/h1-2,5-7H,3-4H2,(H,15,18)(H,16,17). The molecule has 1 amide bonds. The fraction of sp³-hybridized carbons (Fsp3) is 0.250. The Morgan fingerprint density at radius 2 is 2.33 bits per heavy atom. The molecule has 0 saturated heterocycles. The van der Waals surface area contributed by atoms with E-state index in [4.69, 9.17) is 0 Å². The third kappa shape index (κ3) is 1.97. The van der Waals surface area contributed by atoms with E-state index in [-0.39, 0.29) is 11.6 Å². The van der Waals surface area contributed by atoms with Gasteiger partial charge in [0, 0.05) is 12.1 Å². The maximum Gasteiger partial charge on any atom is 0.279 e. The van der Waals surface area contributed by atoms with Crippen LogP contribution in [0.15, 0.2) is 24.5 Å². The van der Waals surface area contributed by atoms with Crippen molar-refractivity contribution in [2.75, 3.05) is 5.32 Å². The topological polar surface area (TPSA) is 70.7 Å². The smallest absolute Gasteiger partial charge is 0.279 e. The summed E-state index contributed by atoms with van der Waals surface area (Å²) in [6, 6.07) is 3.36. The van der Waals surface area contributed by atoms with Crippen molar-refractivity contribution in [1.29, 1.82) is 0 Å². The number of aromatic nitrogens is 3. The SMILES string of the molecule is O=C(Nc1cccnc1)c1n[nH]c(C2CC2)c1F. The van der Waals surface area contributed by atoms with E-state index in [9.17, 15) is 9.18 Å². The Morgan fingerprint density at radius 1 is 1.50 bits per heavy atom. The van der Waals surface area contributed by atoms with E-state index < -0.39 is 11.7 Å². The second kappa shape index (κ2) is 4.21. The van der Waals surface area contributed by atoms with Crippen LogP contribution in [0.1, 0.15) is 34.9 Å². The van der Waals surface area contributed by atoms with Gasteiger partial charge in [-0.15, -0.1) is 0 Å². The highest BCUT2D eigenvalue weighted by atomic mass is 19.1. The zero-order valence-electron chi connectivity index (χ0n) is 9.48. The summed E-state index contributed by atoms with van der Waals surface area (Å²) in [5.41, 5.74) is 0.755. The number of carbonyl (C=O) groups is 1. The van der Waals surface area contributed by atoms with Crippen LogP contribution in [-0.4, -0.2) is 21.1 Å². The predicted octanol–water partition coefficient (Wildman–Crippen LogP) is 2.07. The lowest BCUT2D eigenvalue weighted by Gasteiger charge is -2.01. The van der Waals surface area contributed by atoms with Gasteiger partial charge in [0.2, 0.25) is 0 Å². The van der Waals surface area contributed by atoms with Gasteiger partial charge in [0.25, 0.3) is 5.91 Å². The van der Waals surface area contributed by atoms with Crippen LogP contribution in [0.2, 0.25) is 0 Å².